The highest BCUT2D eigenvalue weighted by Crippen LogP contribution is 2.71. The lowest BCUT2D eigenvalue weighted by Gasteiger charge is -2.60. The Kier molecular flexibility index (Phi) is 3.08. The van der Waals surface area contributed by atoms with Crippen LogP contribution in [0.15, 0.2) is 0 Å². The van der Waals surface area contributed by atoms with E-state index in [1.807, 2.05) is 0 Å². The van der Waals surface area contributed by atoms with Crippen molar-refractivity contribution in [1.29, 1.82) is 0 Å². The molecule has 0 aliphatic heterocycles. The van der Waals surface area contributed by atoms with E-state index in [0.29, 0.717) is 6.54 Å². The van der Waals surface area contributed by atoms with E-state index in [-0.39, 0.29) is 30.1 Å². The van der Waals surface area contributed by atoms with Crippen LogP contribution in [0.3, 0.4) is 0 Å². The molecule has 0 aromatic heterocycles. The van der Waals surface area contributed by atoms with Crippen LogP contribution in [0, 0.1) is 35.0 Å². The fourth-order valence-corrected chi connectivity index (χ4v) is 5.61. The number of rotatable bonds is 4. The number of fused-ring (bicyclic) bond motifs is 1. The molecule has 0 saturated heterocycles. The third-order valence-corrected chi connectivity index (χ3v) is 6.19. The molecule has 5 heteroatoms. The van der Waals surface area contributed by atoms with E-state index in [4.69, 9.17) is 10.8 Å². The molecule has 3 fully saturated rings. The maximum absolute atomic E-state index is 13.3. The van der Waals surface area contributed by atoms with Gasteiger partial charge < -0.3 is 10.8 Å². The minimum atomic E-state index is -2.26. The minimum absolute atomic E-state index is 0.0235. The quantitative estimate of drug-likeness (QED) is 0.826. The lowest BCUT2D eigenvalue weighted by Crippen LogP contribution is -2.61. The molecule has 0 amide bonds. The SMILES string of the molecule is NC[C@@]1(CC(=O)O)[C@@H]2C[C@@H]3CCC[C@H]1[C@H]2[C@H]3C(F)F. The Balaban J connectivity index is 1.92. The molecule has 3 nitrogen and oxygen atoms in total. The first-order valence-corrected chi connectivity index (χ1v) is 7.21. The standard InChI is InChI=1S/C14H21F2NO2/c15-13(16)11-7-2-1-3-8-12(11)9(4-7)14(8,6-17)5-10(18)19/h7-9,11-13H,1-6,17H2,(H,18,19)/t7-,8-,9+,11-,12+,14+/m0/s1. The fourth-order valence-electron chi connectivity index (χ4n) is 5.61. The van der Waals surface area contributed by atoms with Crippen molar-refractivity contribution in [3.63, 3.8) is 0 Å². The Hall–Kier alpha value is -0.710. The Bertz CT molecular complexity index is 390. The smallest absolute Gasteiger partial charge is 0.303 e. The number of alkyl halides is 2. The second-order valence-electron chi connectivity index (χ2n) is 6.64. The molecule has 0 spiro atoms. The maximum Gasteiger partial charge on any atom is 0.303 e. The van der Waals surface area contributed by atoms with Gasteiger partial charge in [-0.3, -0.25) is 4.79 Å². The lowest BCUT2D eigenvalue weighted by atomic mass is 9.44. The Labute approximate surface area is 111 Å². The van der Waals surface area contributed by atoms with Crippen molar-refractivity contribution in [1.82, 2.24) is 0 Å². The second-order valence-corrected chi connectivity index (χ2v) is 6.64. The molecule has 0 aromatic carbocycles. The van der Waals surface area contributed by atoms with Crippen LogP contribution >= 0.6 is 0 Å². The summed E-state index contributed by atoms with van der Waals surface area (Å²) in [6.45, 7) is 0.327. The highest BCUT2D eigenvalue weighted by molar-refractivity contribution is 5.68. The Morgan fingerprint density at radius 1 is 1.37 bits per heavy atom. The van der Waals surface area contributed by atoms with Crippen LogP contribution in [0.2, 0.25) is 0 Å². The molecular formula is C14H21F2NO2. The number of aliphatic carboxylic acids is 1. The zero-order chi connectivity index (χ0) is 13.8. The summed E-state index contributed by atoms with van der Waals surface area (Å²) < 4.78 is 26.6. The van der Waals surface area contributed by atoms with Gasteiger partial charge in [-0.05, 0) is 54.9 Å². The van der Waals surface area contributed by atoms with Crippen molar-refractivity contribution in [3.05, 3.63) is 0 Å². The monoisotopic (exact) mass is 273 g/mol. The van der Waals surface area contributed by atoms with E-state index in [1.54, 1.807) is 0 Å². The van der Waals surface area contributed by atoms with Gasteiger partial charge in [0.25, 0.3) is 0 Å². The normalized spacial score (nSPS) is 47.9. The summed E-state index contributed by atoms with van der Waals surface area (Å²) in [7, 11) is 0. The van der Waals surface area contributed by atoms with E-state index < -0.39 is 23.7 Å². The van der Waals surface area contributed by atoms with E-state index in [2.05, 4.69) is 0 Å². The first kappa shape index (κ1) is 13.3. The third kappa shape index (κ3) is 1.66. The van der Waals surface area contributed by atoms with Gasteiger partial charge in [-0.15, -0.1) is 0 Å². The van der Waals surface area contributed by atoms with Crippen LogP contribution in [0.4, 0.5) is 8.78 Å². The van der Waals surface area contributed by atoms with Crippen molar-refractivity contribution >= 4 is 5.97 Å². The van der Waals surface area contributed by atoms with Gasteiger partial charge in [-0.2, -0.15) is 0 Å². The molecule has 0 heterocycles. The number of carbonyl (C=O) groups is 1. The zero-order valence-electron chi connectivity index (χ0n) is 10.9. The summed E-state index contributed by atoms with van der Waals surface area (Å²) in [5.74, 6) is -1.02. The average Bonchev–Trinajstić information content (AvgIpc) is 2.54. The summed E-state index contributed by atoms with van der Waals surface area (Å²) in [5.41, 5.74) is 5.48. The van der Waals surface area contributed by atoms with Crippen LogP contribution in [-0.2, 0) is 4.79 Å². The highest BCUT2D eigenvalue weighted by Gasteiger charge is 2.69. The van der Waals surface area contributed by atoms with Gasteiger partial charge in [0.1, 0.15) is 0 Å². The first-order chi connectivity index (χ1) is 9.01. The molecule has 6 atom stereocenters. The van der Waals surface area contributed by atoms with Crippen LogP contribution in [-0.4, -0.2) is 24.0 Å². The van der Waals surface area contributed by atoms with Gasteiger partial charge in [0.15, 0.2) is 0 Å². The van der Waals surface area contributed by atoms with Crippen LogP contribution in [0.25, 0.3) is 0 Å². The summed E-state index contributed by atoms with van der Waals surface area (Å²) in [6.07, 6.45) is 1.26. The minimum Gasteiger partial charge on any atom is -0.481 e. The van der Waals surface area contributed by atoms with Gasteiger partial charge in [0.05, 0.1) is 6.42 Å². The predicted molar refractivity (Wildman–Crippen MR) is 65.7 cm³/mol. The van der Waals surface area contributed by atoms with E-state index >= 15 is 0 Å². The van der Waals surface area contributed by atoms with E-state index in [0.717, 1.165) is 25.7 Å². The van der Waals surface area contributed by atoms with Crippen molar-refractivity contribution < 1.29 is 18.7 Å². The van der Waals surface area contributed by atoms with Crippen molar-refractivity contribution in [2.24, 2.45) is 40.7 Å². The topological polar surface area (TPSA) is 63.3 Å². The van der Waals surface area contributed by atoms with Gasteiger partial charge in [-0.25, -0.2) is 8.78 Å². The Morgan fingerprint density at radius 3 is 2.68 bits per heavy atom. The molecule has 0 aromatic rings. The molecule has 3 rings (SSSR count). The number of nitrogens with two attached hydrogens (primary N) is 1. The molecule has 19 heavy (non-hydrogen) atoms. The molecule has 3 aliphatic carbocycles. The number of halogens is 2. The van der Waals surface area contributed by atoms with Gasteiger partial charge in [-0.1, -0.05) is 6.42 Å². The van der Waals surface area contributed by atoms with Crippen molar-refractivity contribution in [2.75, 3.05) is 6.54 Å². The summed E-state index contributed by atoms with van der Waals surface area (Å²) in [6, 6.07) is 0. The average molecular weight is 273 g/mol. The number of carboxylic acid groups (broad SMARTS) is 1. The molecule has 3 saturated carbocycles. The maximum atomic E-state index is 13.3. The number of hydrogen-bond acceptors (Lipinski definition) is 2. The van der Waals surface area contributed by atoms with Crippen molar-refractivity contribution in [2.45, 2.75) is 38.5 Å². The molecule has 3 N–H and O–H groups in total. The van der Waals surface area contributed by atoms with Gasteiger partial charge >= 0.3 is 5.97 Å². The van der Waals surface area contributed by atoms with Crippen LogP contribution < -0.4 is 5.73 Å². The molecular weight excluding hydrogens is 252 g/mol. The van der Waals surface area contributed by atoms with E-state index in [9.17, 15) is 13.6 Å². The van der Waals surface area contributed by atoms with Crippen LogP contribution in [0.5, 0.6) is 0 Å². The molecule has 0 unspecified atom stereocenters. The number of hydrogen-bond donors (Lipinski definition) is 2. The largest absolute Gasteiger partial charge is 0.481 e. The predicted octanol–water partition coefficient (Wildman–Crippen LogP) is 2.35. The van der Waals surface area contributed by atoms with E-state index in [1.165, 1.54) is 0 Å². The summed E-state index contributed by atoms with van der Waals surface area (Å²) in [4.78, 5) is 11.1. The zero-order valence-corrected chi connectivity index (χ0v) is 10.9. The second kappa shape index (κ2) is 4.40. The molecule has 0 radical (unpaired) electrons. The van der Waals surface area contributed by atoms with Crippen molar-refractivity contribution in [3.8, 4) is 0 Å². The fraction of sp³-hybridized carbons (Fsp3) is 0.929. The lowest BCUT2D eigenvalue weighted by molar-refractivity contribution is -0.165. The van der Waals surface area contributed by atoms with Crippen LogP contribution in [0.1, 0.15) is 32.1 Å². The molecule has 108 valence electrons. The number of carboxylic acids is 1. The summed E-state index contributed by atoms with van der Waals surface area (Å²) >= 11 is 0. The summed E-state index contributed by atoms with van der Waals surface area (Å²) in [5, 5.41) is 9.13. The molecule has 2 bridgehead atoms. The molecule has 3 aliphatic rings. The highest BCUT2D eigenvalue weighted by atomic mass is 19.3. The third-order valence-electron chi connectivity index (χ3n) is 6.19. The first-order valence-electron chi connectivity index (χ1n) is 7.21. The van der Waals surface area contributed by atoms with Gasteiger partial charge in [0, 0.05) is 5.92 Å². The Morgan fingerprint density at radius 2 is 2.11 bits per heavy atom. The van der Waals surface area contributed by atoms with Gasteiger partial charge in [0.2, 0.25) is 6.43 Å².